The summed E-state index contributed by atoms with van der Waals surface area (Å²) in [5.41, 5.74) is 4.15. The van der Waals surface area contributed by atoms with Crippen LogP contribution in [0.5, 0.6) is 5.88 Å². The van der Waals surface area contributed by atoms with Crippen molar-refractivity contribution in [2.24, 2.45) is 4.99 Å². The number of aromatic hydroxyl groups is 1. The molecule has 1 aromatic heterocycles. The van der Waals surface area contributed by atoms with Crippen molar-refractivity contribution in [2.75, 3.05) is 65.4 Å². The SMILES string of the molecule is COCC(=O)NCc1cccc(C(=Nc2ccc(N(C)C(=O)CN3CCN(C)CC3)cc2)c2c(O)[nH]c3cc(F)ccc23)c1. The van der Waals surface area contributed by atoms with Gasteiger partial charge in [-0.2, -0.15) is 0 Å². The lowest BCUT2D eigenvalue weighted by Crippen LogP contribution is -2.48. The van der Waals surface area contributed by atoms with Crippen molar-refractivity contribution in [3.63, 3.8) is 0 Å². The molecular formula is C33H37FN6O4. The van der Waals surface area contributed by atoms with E-state index in [0.717, 1.165) is 37.4 Å². The molecule has 11 heteroatoms. The molecule has 0 saturated carbocycles. The number of anilines is 1. The number of aliphatic imine (C=N–C) groups is 1. The molecule has 2 amide bonds. The van der Waals surface area contributed by atoms with Crippen LogP contribution in [0.25, 0.3) is 10.9 Å². The molecular weight excluding hydrogens is 563 g/mol. The van der Waals surface area contributed by atoms with Crippen LogP contribution in [0.4, 0.5) is 15.8 Å². The second-order valence-corrected chi connectivity index (χ2v) is 11.0. The van der Waals surface area contributed by atoms with E-state index in [0.29, 0.717) is 40.0 Å². The largest absolute Gasteiger partial charge is 0.494 e. The number of fused-ring (bicyclic) bond motifs is 1. The second kappa shape index (κ2) is 13.8. The lowest BCUT2D eigenvalue weighted by molar-refractivity contribution is -0.125. The maximum atomic E-state index is 14.0. The van der Waals surface area contributed by atoms with Crippen LogP contribution in [0.15, 0.2) is 71.7 Å². The molecule has 5 rings (SSSR count). The number of carbonyl (C=O) groups excluding carboxylic acids is 2. The van der Waals surface area contributed by atoms with Gasteiger partial charge in [0.2, 0.25) is 11.8 Å². The van der Waals surface area contributed by atoms with E-state index in [1.807, 2.05) is 48.5 Å². The molecule has 10 nitrogen and oxygen atoms in total. The van der Waals surface area contributed by atoms with Crippen LogP contribution in [0.2, 0.25) is 0 Å². The highest BCUT2D eigenvalue weighted by molar-refractivity contribution is 6.22. The number of amides is 2. The molecule has 3 N–H and O–H groups in total. The summed E-state index contributed by atoms with van der Waals surface area (Å²) in [7, 11) is 5.31. The molecule has 0 unspecified atom stereocenters. The second-order valence-electron chi connectivity index (χ2n) is 11.0. The van der Waals surface area contributed by atoms with Gasteiger partial charge >= 0.3 is 0 Å². The monoisotopic (exact) mass is 600 g/mol. The molecule has 1 fully saturated rings. The number of ether oxygens (including phenoxy) is 1. The van der Waals surface area contributed by atoms with Crippen molar-refractivity contribution < 1.29 is 23.8 Å². The first kappa shape index (κ1) is 30.9. The molecule has 1 aliphatic heterocycles. The number of hydrogen-bond donors (Lipinski definition) is 3. The zero-order valence-corrected chi connectivity index (χ0v) is 25.1. The third-order valence-corrected chi connectivity index (χ3v) is 7.75. The van der Waals surface area contributed by atoms with Crippen molar-refractivity contribution >= 4 is 39.8 Å². The summed E-state index contributed by atoms with van der Waals surface area (Å²) in [6, 6.07) is 19.0. The van der Waals surface area contributed by atoms with Crippen molar-refractivity contribution in [3.05, 3.63) is 89.2 Å². The molecule has 2 heterocycles. The van der Waals surface area contributed by atoms with Crippen LogP contribution >= 0.6 is 0 Å². The van der Waals surface area contributed by atoms with Gasteiger partial charge in [0.05, 0.1) is 29.0 Å². The van der Waals surface area contributed by atoms with Gasteiger partial charge in [0.25, 0.3) is 0 Å². The zero-order valence-electron chi connectivity index (χ0n) is 25.1. The predicted molar refractivity (Wildman–Crippen MR) is 169 cm³/mol. The molecule has 0 spiro atoms. The highest BCUT2D eigenvalue weighted by atomic mass is 19.1. The van der Waals surface area contributed by atoms with E-state index in [2.05, 4.69) is 27.1 Å². The van der Waals surface area contributed by atoms with Gasteiger partial charge in [0.1, 0.15) is 12.4 Å². The fourth-order valence-electron chi connectivity index (χ4n) is 5.20. The van der Waals surface area contributed by atoms with Crippen molar-refractivity contribution in [1.82, 2.24) is 20.1 Å². The Kier molecular flexibility index (Phi) is 9.69. The van der Waals surface area contributed by atoms with E-state index >= 15 is 0 Å². The first-order chi connectivity index (χ1) is 21.2. The summed E-state index contributed by atoms with van der Waals surface area (Å²) in [6.07, 6.45) is 0. The number of aromatic amines is 1. The highest BCUT2D eigenvalue weighted by Crippen LogP contribution is 2.32. The van der Waals surface area contributed by atoms with Crippen LogP contribution < -0.4 is 10.2 Å². The number of H-pyrrole nitrogens is 1. The molecule has 0 aliphatic carbocycles. The summed E-state index contributed by atoms with van der Waals surface area (Å²) < 4.78 is 18.9. The van der Waals surface area contributed by atoms with Gasteiger partial charge in [-0.15, -0.1) is 0 Å². The Bertz CT molecular complexity index is 1660. The number of hydrogen-bond acceptors (Lipinski definition) is 7. The quantitative estimate of drug-likeness (QED) is 0.240. The number of aromatic nitrogens is 1. The summed E-state index contributed by atoms with van der Waals surface area (Å²) in [4.78, 5) is 38.8. The van der Waals surface area contributed by atoms with Crippen molar-refractivity contribution in [1.29, 1.82) is 0 Å². The zero-order chi connectivity index (χ0) is 31.2. The number of piperazine rings is 1. The van der Waals surface area contributed by atoms with Crippen LogP contribution in [-0.2, 0) is 20.9 Å². The average Bonchev–Trinajstić information content (AvgIpc) is 3.34. The maximum absolute atomic E-state index is 14.0. The summed E-state index contributed by atoms with van der Waals surface area (Å²) in [5.74, 6) is -0.805. The van der Waals surface area contributed by atoms with Gasteiger partial charge in [-0.1, -0.05) is 18.2 Å². The van der Waals surface area contributed by atoms with Crippen molar-refractivity contribution in [2.45, 2.75) is 6.54 Å². The van der Waals surface area contributed by atoms with Crippen LogP contribution in [-0.4, -0.2) is 98.0 Å². The highest BCUT2D eigenvalue weighted by Gasteiger charge is 2.21. The van der Waals surface area contributed by atoms with E-state index in [9.17, 15) is 19.1 Å². The minimum Gasteiger partial charge on any atom is -0.494 e. The van der Waals surface area contributed by atoms with Gasteiger partial charge < -0.3 is 29.9 Å². The number of rotatable bonds is 10. The van der Waals surface area contributed by atoms with Crippen LogP contribution in [0.3, 0.4) is 0 Å². The molecule has 44 heavy (non-hydrogen) atoms. The molecule has 230 valence electrons. The lowest BCUT2D eigenvalue weighted by atomic mass is 9.99. The van der Waals surface area contributed by atoms with Gasteiger partial charge in [-0.05, 0) is 61.1 Å². The number of carbonyl (C=O) groups is 2. The summed E-state index contributed by atoms with van der Waals surface area (Å²) >= 11 is 0. The van der Waals surface area contributed by atoms with Crippen LogP contribution in [0.1, 0.15) is 16.7 Å². The third kappa shape index (κ3) is 7.31. The Hall–Kier alpha value is -4.58. The first-order valence-corrected chi connectivity index (χ1v) is 14.4. The topological polar surface area (TPSA) is 114 Å². The molecule has 0 bridgehead atoms. The van der Waals surface area contributed by atoms with Gasteiger partial charge in [-0.3, -0.25) is 14.5 Å². The van der Waals surface area contributed by atoms with Gasteiger partial charge in [-0.25, -0.2) is 9.38 Å². The average molecular weight is 601 g/mol. The molecule has 3 aromatic carbocycles. The Morgan fingerprint density at radius 3 is 2.55 bits per heavy atom. The van der Waals surface area contributed by atoms with Gasteiger partial charge in [0.15, 0.2) is 5.88 Å². The fourth-order valence-corrected chi connectivity index (χ4v) is 5.20. The number of halogens is 1. The Morgan fingerprint density at radius 2 is 1.82 bits per heavy atom. The minimum atomic E-state index is -0.431. The van der Waals surface area contributed by atoms with E-state index in [1.165, 1.54) is 19.2 Å². The summed E-state index contributed by atoms with van der Waals surface area (Å²) in [5, 5.41) is 14.4. The number of nitrogens with zero attached hydrogens (tertiary/aromatic N) is 4. The Morgan fingerprint density at radius 1 is 1.07 bits per heavy atom. The standard InChI is InChI=1S/C33H37FN6O4/c1-38-13-15-40(16-14-38)20-30(42)39(2)26-10-8-25(9-11-26)36-32(31-27-12-7-24(34)18-28(27)37-33(31)43)23-6-4-5-22(17-23)19-35-29(41)21-44-3/h4-12,17-18,37,43H,13-16,19-21H2,1-3H3,(H,35,41). The number of methoxy groups -OCH3 is 1. The number of nitrogens with one attached hydrogen (secondary N) is 2. The lowest BCUT2D eigenvalue weighted by Gasteiger charge is -2.32. The van der Waals surface area contributed by atoms with Crippen LogP contribution in [0, 0.1) is 5.82 Å². The van der Waals surface area contributed by atoms with Gasteiger partial charge in [0, 0.05) is 63.5 Å². The smallest absolute Gasteiger partial charge is 0.246 e. The van der Waals surface area contributed by atoms with Crippen molar-refractivity contribution in [3.8, 4) is 5.88 Å². The molecule has 4 aromatic rings. The minimum absolute atomic E-state index is 0.0110. The van der Waals surface area contributed by atoms with E-state index in [-0.39, 0.29) is 30.8 Å². The van der Waals surface area contributed by atoms with E-state index in [4.69, 9.17) is 9.73 Å². The predicted octanol–water partition coefficient (Wildman–Crippen LogP) is 3.65. The first-order valence-electron chi connectivity index (χ1n) is 14.4. The fraction of sp³-hybridized carbons (Fsp3) is 0.303. The van der Waals surface area contributed by atoms with E-state index < -0.39 is 5.82 Å². The molecule has 1 aliphatic rings. The Balaban J connectivity index is 1.45. The molecule has 0 atom stereocenters. The number of likely N-dealkylation sites (N-methyl/N-ethyl adjacent to an activating group) is 2. The molecule has 1 saturated heterocycles. The molecule has 0 radical (unpaired) electrons. The van der Waals surface area contributed by atoms with E-state index in [1.54, 1.807) is 18.0 Å². The number of benzene rings is 3. The maximum Gasteiger partial charge on any atom is 0.246 e. The third-order valence-electron chi connectivity index (χ3n) is 7.75. The normalized spacial score (nSPS) is 14.6. The Labute approximate surface area is 255 Å². The summed E-state index contributed by atoms with van der Waals surface area (Å²) in [6.45, 7) is 4.20.